The second kappa shape index (κ2) is 6.15. The van der Waals surface area contributed by atoms with E-state index in [1.807, 2.05) is 20.8 Å². The number of ether oxygens (including phenoxy) is 1. The van der Waals surface area contributed by atoms with Crippen LogP contribution in [0.25, 0.3) is 0 Å². The van der Waals surface area contributed by atoms with Crippen molar-refractivity contribution in [3.05, 3.63) is 0 Å². The second-order valence-corrected chi connectivity index (χ2v) is 5.39. The molecule has 0 spiro atoms. The highest BCUT2D eigenvalue weighted by Crippen LogP contribution is 2.16. The number of rotatable bonds is 4. The molecule has 6 nitrogen and oxygen atoms in total. The lowest BCUT2D eigenvalue weighted by Crippen LogP contribution is -2.57. The third kappa shape index (κ3) is 4.27. The molecule has 0 aromatic carbocycles. The molecule has 0 aliphatic carbocycles. The highest BCUT2D eigenvalue weighted by Gasteiger charge is 2.32. The molecule has 1 rings (SSSR count). The summed E-state index contributed by atoms with van der Waals surface area (Å²) in [6.07, 6.45) is -0.0451. The molecule has 0 aromatic rings. The number of carboxylic acid groups (broad SMARTS) is 1. The third-order valence-corrected chi connectivity index (χ3v) is 2.84. The Morgan fingerprint density at radius 1 is 1.44 bits per heavy atom. The van der Waals surface area contributed by atoms with Gasteiger partial charge in [-0.3, -0.25) is 9.59 Å². The minimum absolute atomic E-state index is 0.0451. The van der Waals surface area contributed by atoms with Crippen molar-refractivity contribution in [3.63, 3.8) is 0 Å². The molecule has 1 heterocycles. The SMILES string of the molecule is CC(C)(C)N(CCC(=O)O)C(=O)C1COCCN1. The molecule has 104 valence electrons. The maximum atomic E-state index is 12.3. The van der Waals surface area contributed by atoms with E-state index >= 15 is 0 Å². The monoisotopic (exact) mass is 258 g/mol. The van der Waals surface area contributed by atoms with Gasteiger partial charge >= 0.3 is 5.97 Å². The molecule has 0 bridgehead atoms. The van der Waals surface area contributed by atoms with Crippen molar-refractivity contribution in [2.45, 2.75) is 38.8 Å². The summed E-state index contributed by atoms with van der Waals surface area (Å²) in [4.78, 5) is 24.6. The molecule has 1 aliphatic heterocycles. The average Bonchev–Trinajstić information content (AvgIpc) is 2.28. The Hall–Kier alpha value is -1.14. The Labute approximate surface area is 107 Å². The summed E-state index contributed by atoms with van der Waals surface area (Å²) in [5.74, 6) is -0.992. The summed E-state index contributed by atoms with van der Waals surface area (Å²) < 4.78 is 5.27. The maximum Gasteiger partial charge on any atom is 0.305 e. The van der Waals surface area contributed by atoms with Crippen molar-refractivity contribution < 1.29 is 19.4 Å². The van der Waals surface area contributed by atoms with Gasteiger partial charge in [0, 0.05) is 18.6 Å². The number of carbonyl (C=O) groups excluding carboxylic acids is 1. The van der Waals surface area contributed by atoms with Gasteiger partial charge in [0.1, 0.15) is 6.04 Å². The number of hydrogen-bond acceptors (Lipinski definition) is 4. The van der Waals surface area contributed by atoms with Crippen molar-refractivity contribution >= 4 is 11.9 Å². The van der Waals surface area contributed by atoms with Crippen LogP contribution in [-0.4, -0.2) is 59.8 Å². The molecule has 0 saturated carbocycles. The fourth-order valence-electron chi connectivity index (χ4n) is 1.90. The first kappa shape index (κ1) is 14.9. The molecule has 0 radical (unpaired) electrons. The van der Waals surface area contributed by atoms with E-state index in [1.54, 1.807) is 4.90 Å². The van der Waals surface area contributed by atoms with E-state index in [0.29, 0.717) is 19.8 Å². The number of nitrogens with zero attached hydrogens (tertiary/aromatic N) is 1. The summed E-state index contributed by atoms with van der Waals surface area (Å²) in [5.41, 5.74) is -0.397. The molecule has 1 atom stereocenters. The molecule has 6 heteroatoms. The minimum atomic E-state index is -0.898. The Morgan fingerprint density at radius 3 is 2.56 bits per heavy atom. The highest BCUT2D eigenvalue weighted by atomic mass is 16.5. The van der Waals surface area contributed by atoms with E-state index in [1.165, 1.54) is 0 Å². The van der Waals surface area contributed by atoms with E-state index in [4.69, 9.17) is 9.84 Å². The van der Waals surface area contributed by atoms with Gasteiger partial charge in [-0.25, -0.2) is 0 Å². The van der Waals surface area contributed by atoms with Gasteiger partial charge in [0.05, 0.1) is 19.6 Å². The van der Waals surface area contributed by atoms with Gasteiger partial charge in [0.2, 0.25) is 5.91 Å². The average molecular weight is 258 g/mol. The van der Waals surface area contributed by atoms with E-state index in [-0.39, 0.29) is 24.9 Å². The highest BCUT2D eigenvalue weighted by molar-refractivity contribution is 5.83. The Balaban J connectivity index is 2.68. The minimum Gasteiger partial charge on any atom is -0.481 e. The summed E-state index contributed by atoms with van der Waals surface area (Å²) in [6, 6.07) is -0.369. The summed E-state index contributed by atoms with van der Waals surface area (Å²) in [6.45, 7) is 7.51. The summed E-state index contributed by atoms with van der Waals surface area (Å²) >= 11 is 0. The van der Waals surface area contributed by atoms with E-state index in [0.717, 1.165) is 0 Å². The van der Waals surface area contributed by atoms with Crippen molar-refractivity contribution in [1.29, 1.82) is 0 Å². The second-order valence-electron chi connectivity index (χ2n) is 5.39. The fraction of sp³-hybridized carbons (Fsp3) is 0.833. The molecule has 18 heavy (non-hydrogen) atoms. The molecule has 2 N–H and O–H groups in total. The topological polar surface area (TPSA) is 78.9 Å². The molecule has 1 aliphatic rings. The van der Waals surface area contributed by atoms with E-state index < -0.39 is 11.5 Å². The fourth-order valence-corrected chi connectivity index (χ4v) is 1.90. The number of carboxylic acids is 1. The van der Waals surface area contributed by atoms with Gasteiger partial charge in [0.15, 0.2) is 0 Å². The molecule has 1 unspecified atom stereocenters. The number of amides is 1. The Morgan fingerprint density at radius 2 is 2.11 bits per heavy atom. The zero-order valence-corrected chi connectivity index (χ0v) is 11.2. The number of aliphatic carboxylic acids is 1. The first-order chi connectivity index (χ1) is 8.32. The third-order valence-electron chi connectivity index (χ3n) is 2.84. The molecule has 1 fully saturated rings. The molecular formula is C12H22N2O4. The van der Waals surface area contributed by atoms with Gasteiger partial charge in [-0.15, -0.1) is 0 Å². The quantitative estimate of drug-likeness (QED) is 0.746. The van der Waals surface area contributed by atoms with Crippen molar-refractivity contribution in [3.8, 4) is 0 Å². The smallest absolute Gasteiger partial charge is 0.305 e. The predicted octanol–water partition coefficient (Wildman–Crippen LogP) is 0.0766. The summed E-state index contributed by atoms with van der Waals surface area (Å²) in [5, 5.41) is 11.8. The van der Waals surface area contributed by atoms with Crippen LogP contribution in [0.5, 0.6) is 0 Å². The number of nitrogens with one attached hydrogen (secondary N) is 1. The zero-order valence-electron chi connectivity index (χ0n) is 11.2. The predicted molar refractivity (Wildman–Crippen MR) is 66.3 cm³/mol. The van der Waals surface area contributed by atoms with E-state index in [2.05, 4.69) is 5.32 Å². The molecular weight excluding hydrogens is 236 g/mol. The van der Waals surface area contributed by atoms with Gasteiger partial charge in [-0.1, -0.05) is 0 Å². The van der Waals surface area contributed by atoms with Crippen LogP contribution in [0.4, 0.5) is 0 Å². The van der Waals surface area contributed by atoms with Crippen LogP contribution in [0, 0.1) is 0 Å². The number of carbonyl (C=O) groups is 2. The first-order valence-electron chi connectivity index (χ1n) is 6.17. The summed E-state index contributed by atoms with van der Waals surface area (Å²) in [7, 11) is 0. The number of hydrogen-bond donors (Lipinski definition) is 2. The van der Waals surface area contributed by atoms with Crippen LogP contribution in [0.2, 0.25) is 0 Å². The Kier molecular flexibility index (Phi) is 5.10. The molecule has 1 amide bonds. The van der Waals surface area contributed by atoms with Crippen molar-refractivity contribution in [1.82, 2.24) is 10.2 Å². The van der Waals surface area contributed by atoms with E-state index in [9.17, 15) is 9.59 Å². The van der Waals surface area contributed by atoms with Crippen LogP contribution >= 0.6 is 0 Å². The molecule has 1 saturated heterocycles. The van der Waals surface area contributed by atoms with Crippen LogP contribution in [0.3, 0.4) is 0 Å². The zero-order chi connectivity index (χ0) is 13.8. The number of morpholine rings is 1. The van der Waals surface area contributed by atoms with Crippen LogP contribution in [0.15, 0.2) is 0 Å². The lowest BCUT2D eigenvalue weighted by molar-refractivity contribution is -0.143. The van der Waals surface area contributed by atoms with Gasteiger partial charge in [-0.2, -0.15) is 0 Å². The van der Waals surface area contributed by atoms with Crippen LogP contribution in [0.1, 0.15) is 27.2 Å². The maximum absolute atomic E-state index is 12.3. The normalized spacial score (nSPS) is 20.5. The van der Waals surface area contributed by atoms with Crippen LogP contribution in [-0.2, 0) is 14.3 Å². The van der Waals surface area contributed by atoms with Crippen molar-refractivity contribution in [2.24, 2.45) is 0 Å². The Bertz CT molecular complexity index is 306. The van der Waals surface area contributed by atoms with Crippen LogP contribution < -0.4 is 5.32 Å². The standard InChI is InChI=1S/C12H22N2O4/c1-12(2,3)14(6-4-10(15)16)11(17)9-8-18-7-5-13-9/h9,13H,4-8H2,1-3H3,(H,15,16). The van der Waals surface area contributed by atoms with Gasteiger partial charge < -0.3 is 20.1 Å². The first-order valence-corrected chi connectivity index (χ1v) is 6.17. The lowest BCUT2D eigenvalue weighted by Gasteiger charge is -2.38. The largest absolute Gasteiger partial charge is 0.481 e. The van der Waals surface area contributed by atoms with Gasteiger partial charge in [-0.05, 0) is 20.8 Å². The molecule has 0 aromatic heterocycles. The van der Waals surface area contributed by atoms with Gasteiger partial charge in [0.25, 0.3) is 0 Å². The van der Waals surface area contributed by atoms with Crippen molar-refractivity contribution in [2.75, 3.05) is 26.3 Å². The lowest BCUT2D eigenvalue weighted by atomic mass is 10.0.